The van der Waals surface area contributed by atoms with Crippen molar-refractivity contribution in [2.45, 2.75) is 13.0 Å². The van der Waals surface area contributed by atoms with Crippen molar-refractivity contribution in [1.29, 1.82) is 0 Å². The SMILES string of the molecule is CCSCCN1CCOCC1C(=O)NC. The lowest BCUT2D eigenvalue weighted by molar-refractivity contribution is -0.131. The zero-order chi connectivity index (χ0) is 11.1. The normalized spacial score (nSPS) is 22.7. The lowest BCUT2D eigenvalue weighted by atomic mass is 10.2. The highest BCUT2D eigenvalue weighted by molar-refractivity contribution is 7.99. The second-order valence-electron chi connectivity index (χ2n) is 3.44. The van der Waals surface area contributed by atoms with Crippen molar-refractivity contribution in [3.8, 4) is 0 Å². The molecule has 0 spiro atoms. The van der Waals surface area contributed by atoms with Crippen LogP contribution in [-0.2, 0) is 9.53 Å². The van der Waals surface area contributed by atoms with E-state index in [-0.39, 0.29) is 11.9 Å². The molecule has 1 N–H and O–H groups in total. The minimum Gasteiger partial charge on any atom is -0.378 e. The molecule has 0 aromatic carbocycles. The molecule has 0 aromatic rings. The predicted octanol–water partition coefficient (Wildman–Crippen LogP) is 0.186. The van der Waals surface area contributed by atoms with Crippen LogP contribution in [0.2, 0.25) is 0 Å². The van der Waals surface area contributed by atoms with Gasteiger partial charge in [0.05, 0.1) is 13.2 Å². The quantitative estimate of drug-likeness (QED) is 0.687. The third kappa shape index (κ3) is 4.01. The first-order chi connectivity index (χ1) is 7.29. The molecule has 88 valence electrons. The number of hydrogen-bond donors (Lipinski definition) is 1. The number of ether oxygens (including phenoxy) is 1. The largest absolute Gasteiger partial charge is 0.378 e. The van der Waals surface area contributed by atoms with E-state index in [9.17, 15) is 4.79 Å². The van der Waals surface area contributed by atoms with Gasteiger partial charge in [0.25, 0.3) is 0 Å². The van der Waals surface area contributed by atoms with Crippen LogP contribution in [0.25, 0.3) is 0 Å². The molecule has 0 aliphatic carbocycles. The van der Waals surface area contributed by atoms with Gasteiger partial charge in [0.15, 0.2) is 0 Å². The van der Waals surface area contributed by atoms with Gasteiger partial charge in [-0.1, -0.05) is 6.92 Å². The average molecular weight is 232 g/mol. The van der Waals surface area contributed by atoms with Crippen molar-refractivity contribution in [2.24, 2.45) is 0 Å². The van der Waals surface area contributed by atoms with Gasteiger partial charge in [0.2, 0.25) is 5.91 Å². The highest BCUT2D eigenvalue weighted by Crippen LogP contribution is 2.09. The summed E-state index contributed by atoms with van der Waals surface area (Å²) in [5.74, 6) is 2.29. The number of morpholine rings is 1. The fraction of sp³-hybridized carbons (Fsp3) is 0.900. The monoisotopic (exact) mass is 232 g/mol. The molecule has 15 heavy (non-hydrogen) atoms. The molecule has 0 bridgehead atoms. The van der Waals surface area contributed by atoms with Crippen LogP contribution in [0.5, 0.6) is 0 Å². The summed E-state index contributed by atoms with van der Waals surface area (Å²) in [6.45, 7) is 5.25. The number of amides is 1. The Kier molecular flexibility index (Phi) is 6.05. The van der Waals surface area contributed by atoms with Crippen molar-refractivity contribution < 1.29 is 9.53 Å². The predicted molar refractivity (Wildman–Crippen MR) is 63.2 cm³/mol. The second-order valence-corrected chi connectivity index (χ2v) is 4.83. The summed E-state index contributed by atoms with van der Waals surface area (Å²) in [4.78, 5) is 13.8. The van der Waals surface area contributed by atoms with Crippen molar-refractivity contribution in [3.05, 3.63) is 0 Å². The van der Waals surface area contributed by atoms with Crippen LogP contribution in [0, 0.1) is 0 Å². The van der Waals surface area contributed by atoms with E-state index in [1.54, 1.807) is 7.05 Å². The summed E-state index contributed by atoms with van der Waals surface area (Å²) in [6.07, 6.45) is 0. The van der Waals surface area contributed by atoms with E-state index in [0.29, 0.717) is 6.61 Å². The lowest BCUT2D eigenvalue weighted by Crippen LogP contribution is -2.53. The van der Waals surface area contributed by atoms with Crippen molar-refractivity contribution >= 4 is 17.7 Å². The van der Waals surface area contributed by atoms with Crippen LogP contribution in [0.1, 0.15) is 6.92 Å². The highest BCUT2D eigenvalue weighted by Gasteiger charge is 2.27. The van der Waals surface area contributed by atoms with Crippen molar-refractivity contribution in [1.82, 2.24) is 10.2 Å². The topological polar surface area (TPSA) is 41.6 Å². The van der Waals surface area contributed by atoms with Crippen LogP contribution < -0.4 is 5.32 Å². The molecule has 1 heterocycles. The molecule has 4 nitrogen and oxygen atoms in total. The van der Waals surface area contributed by atoms with Gasteiger partial charge in [-0.15, -0.1) is 0 Å². The average Bonchev–Trinajstić information content (AvgIpc) is 2.29. The molecule has 0 radical (unpaired) electrons. The minimum atomic E-state index is -0.0961. The summed E-state index contributed by atoms with van der Waals surface area (Å²) in [7, 11) is 1.68. The Morgan fingerprint density at radius 2 is 2.47 bits per heavy atom. The Morgan fingerprint density at radius 1 is 1.67 bits per heavy atom. The molecule has 1 rings (SSSR count). The molecular weight excluding hydrogens is 212 g/mol. The van der Waals surface area contributed by atoms with Crippen LogP contribution >= 0.6 is 11.8 Å². The molecule has 0 aromatic heterocycles. The van der Waals surface area contributed by atoms with Gasteiger partial charge in [-0.3, -0.25) is 9.69 Å². The smallest absolute Gasteiger partial charge is 0.239 e. The summed E-state index contributed by atoms with van der Waals surface area (Å²) < 4.78 is 5.33. The summed E-state index contributed by atoms with van der Waals surface area (Å²) in [5.41, 5.74) is 0. The first-order valence-electron chi connectivity index (χ1n) is 5.40. The Bertz CT molecular complexity index is 202. The number of nitrogens with one attached hydrogen (secondary N) is 1. The van der Waals surface area contributed by atoms with Crippen LogP contribution in [0.4, 0.5) is 0 Å². The number of nitrogens with zero attached hydrogens (tertiary/aromatic N) is 1. The van der Waals surface area contributed by atoms with E-state index in [2.05, 4.69) is 17.1 Å². The van der Waals surface area contributed by atoms with E-state index in [0.717, 1.165) is 31.2 Å². The molecule has 1 saturated heterocycles. The number of carbonyl (C=O) groups excluding carboxylic acids is 1. The summed E-state index contributed by atoms with van der Waals surface area (Å²) >= 11 is 1.91. The van der Waals surface area contributed by atoms with Gasteiger partial charge >= 0.3 is 0 Å². The number of rotatable bonds is 5. The fourth-order valence-electron chi connectivity index (χ4n) is 1.64. The zero-order valence-electron chi connectivity index (χ0n) is 9.49. The maximum Gasteiger partial charge on any atom is 0.239 e. The maximum atomic E-state index is 11.6. The van der Waals surface area contributed by atoms with E-state index < -0.39 is 0 Å². The van der Waals surface area contributed by atoms with E-state index in [1.165, 1.54) is 0 Å². The van der Waals surface area contributed by atoms with Crippen molar-refractivity contribution in [2.75, 3.05) is 44.9 Å². The standard InChI is InChI=1S/C10H20N2O2S/c1-3-15-7-5-12-4-6-14-8-9(12)10(13)11-2/h9H,3-8H2,1-2H3,(H,11,13). The molecule has 1 amide bonds. The van der Waals surface area contributed by atoms with Gasteiger partial charge in [-0.25, -0.2) is 0 Å². The van der Waals surface area contributed by atoms with E-state index >= 15 is 0 Å². The Balaban J connectivity index is 2.39. The van der Waals surface area contributed by atoms with E-state index in [4.69, 9.17) is 4.74 Å². The summed E-state index contributed by atoms with van der Waals surface area (Å²) in [5, 5.41) is 2.69. The maximum absolute atomic E-state index is 11.6. The number of carbonyl (C=O) groups is 1. The molecule has 1 atom stereocenters. The Labute approximate surface area is 95.7 Å². The number of likely N-dealkylation sites (N-methyl/N-ethyl adjacent to an activating group) is 1. The fourth-order valence-corrected chi connectivity index (χ4v) is 2.29. The number of thioether (sulfide) groups is 1. The molecule has 0 saturated carbocycles. The third-order valence-corrected chi connectivity index (χ3v) is 3.39. The molecule has 5 heteroatoms. The van der Waals surface area contributed by atoms with Crippen LogP contribution in [0.15, 0.2) is 0 Å². The minimum absolute atomic E-state index is 0.0659. The highest BCUT2D eigenvalue weighted by atomic mass is 32.2. The Hall–Kier alpha value is -0.260. The second kappa shape index (κ2) is 7.09. The zero-order valence-corrected chi connectivity index (χ0v) is 10.3. The lowest BCUT2D eigenvalue weighted by Gasteiger charge is -2.34. The first-order valence-corrected chi connectivity index (χ1v) is 6.56. The van der Waals surface area contributed by atoms with Gasteiger partial charge in [-0.05, 0) is 5.75 Å². The van der Waals surface area contributed by atoms with Crippen molar-refractivity contribution in [3.63, 3.8) is 0 Å². The molecule has 1 fully saturated rings. The van der Waals surface area contributed by atoms with E-state index in [1.807, 2.05) is 11.8 Å². The first kappa shape index (κ1) is 12.8. The van der Waals surface area contributed by atoms with Gasteiger partial charge in [0, 0.05) is 25.9 Å². The number of hydrogen-bond acceptors (Lipinski definition) is 4. The van der Waals surface area contributed by atoms with Gasteiger partial charge in [0.1, 0.15) is 6.04 Å². The molecule has 1 aliphatic heterocycles. The molecule has 1 unspecified atom stereocenters. The van der Waals surface area contributed by atoms with Gasteiger partial charge < -0.3 is 10.1 Å². The molecular formula is C10H20N2O2S. The third-order valence-electron chi connectivity index (χ3n) is 2.52. The van der Waals surface area contributed by atoms with Crippen LogP contribution in [-0.4, -0.2) is 61.7 Å². The van der Waals surface area contributed by atoms with Gasteiger partial charge in [-0.2, -0.15) is 11.8 Å². The Morgan fingerprint density at radius 3 is 3.13 bits per heavy atom. The van der Waals surface area contributed by atoms with Crippen LogP contribution in [0.3, 0.4) is 0 Å². The summed E-state index contributed by atoms with van der Waals surface area (Å²) in [6, 6.07) is -0.0961. The molecule has 1 aliphatic rings.